The van der Waals surface area contributed by atoms with Crippen molar-refractivity contribution in [3.63, 3.8) is 0 Å². The lowest BCUT2D eigenvalue weighted by molar-refractivity contribution is 0.303. The van der Waals surface area contributed by atoms with Crippen molar-refractivity contribution in [3.05, 3.63) is 23.8 Å². The van der Waals surface area contributed by atoms with Crippen molar-refractivity contribution in [3.8, 4) is 5.75 Å². The highest BCUT2D eigenvalue weighted by atomic mass is 19.2. The second-order valence-electron chi connectivity index (χ2n) is 3.12. The number of rotatable bonds is 2. The van der Waals surface area contributed by atoms with Gasteiger partial charge < -0.3 is 4.74 Å². The lowest BCUT2D eigenvalue weighted by atomic mass is 9.95. The molecule has 0 amide bonds. The van der Waals surface area contributed by atoms with E-state index in [9.17, 15) is 8.78 Å². The van der Waals surface area contributed by atoms with Crippen LogP contribution >= 0.6 is 0 Å². The molecule has 0 bridgehead atoms. The van der Waals surface area contributed by atoms with E-state index in [1.807, 2.05) is 0 Å². The maximum absolute atomic E-state index is 12.7. The topological polar surface area (TPSA) is 9.23 Å². The van der Waals surface area contributed by atoms with Gasteiger partial charge in [0, 0.05) is 6.07 Å². The Morgan fingerprint density at radius 1 is 1.23 bits per heavy atom. The third kappa shape index (κ3) is 1.82. The van der Waals surface area contributed by atoms with Gasteiger partial charge in [-0.1, -0.05) is 5.46 Å². The summed E-state index contributed by atoms with van der Waals surface area (Å²) in [4.78, 5) is 0. The Kier molecular flexibility index (Phi) is 1.98. The molecule has 0 unspecified atom stereocenters. The van der Waals surface area contributed by atoms with Crippen LogP contribution in [0.4, 0.5) is 8.78 Å². The van der Waals surface area contributed by atoms with E-state index in [1.54, 1.807) is 0 Å². The lowest BCUT2D eigenvalue weighted by Gasteiger charge is -2.08. The first kappa shape index (κ1) is 8.54. The molecular formula is C9H7BF2O. The van der Waals surface area contributed by atoms with Crippen LogP contribution in [0.5, 0.6) is 5.75 Å². The van der Waals surface area contributed by atoms with E-state index in [2.05, 4.69) is 0 Å². The van der Waals surface area contributed by atoms with E-state index < -0.39 is 11.6 Å². The van der Waals surface area contributed by atoms with Crippen LogP contribution in [0.25, 0.3) is 0 Å². The number of halogens is 2. The fourth-order valence-electron chi connectivity index (χ4n) is 1.01. The number of ether oxygens (including phenoxy) is 1. The van der Waals surface area contributed by atoms with Crippen LogP contribution in [-0.4, -0.2) is 14.0 Å². The van der Waals surface area contributed by atoms with Gasteiger partial charge in [0.05, 0.1) is 6.10 Å². The first-order chi connectivity index (χ1) is 6.16. The minimum Gasteiger partial charge on any atom is -0.491 e. The van der Waals surface area contributed by atoms with E-state index >= 15 is 0 Å². The van der Waals surface area contributed by atoms with Crippen molar-refractivity contribution in [1.82, 2.24) is 0 Å². The van der Waals surface area contributed by atoms with E-state index in [1.165, 1.54) is 0 Å². The van der Waals surface area contributed by atoms with Crippen molar-refractivity contribution >= 4 is 13.3 Å². The molecule has 0 spiro atoms. The molecule has 13 heavy (non-hydrogen) atoms. The predicted molar refractivity (Wildman–Crippen MR) is 45.4 cm³/mol. The van der Waals surface area contributed by atoms with Crippen LogP contribution in [0, 0.1) is 11.6 Å². The normalized spacial score (nSPS) is 15.8. The van der Waals surface area contributed by atoms with Gasteiger partial charge in [-0.25, -0.2) is 8.78 Å². The van der Waals surface area contributed by atoms with Crippen molar-refractivity contribution in [2.75, 3.05) is 0 Å². The first-order valence-corrected chi connectivity index (χ1v) is 4.08. The Morgan fingerprint density at radius 3 is 2.46 bits per heavy atom. The Labute approximate surface area is 76.1 Å². The van der Waals surface area contributed by atoms with Gasteiger partial charge in [0.1, 0.15) is 13.6 Å². The van der Waals surface area contributed by atoms with Crippen LogP contribution in [-0.2, 0) is 0 Å². The van der Waals surface area contributed by atoms with E-state index in [0.717, 1.165) is 25.0 Å². The van der Waals surface area contributed by atoms with Gasteiger partial charge in [-0.2, -0.15) is 0 Å². The third-order valence-electron chi connectivity index (χ3n) is 1.87. The summed E-state index contributed by atoms with van der Waals surface area (Å²) in [5.41, 5.74) is 0.144. The minimum atomic E-state index is -0.944. The molecule has 0 saturated heterocycles. The second-order valence-corrected chi connectivity index (χ2v) is 3.12. The molecule has 4 heteroatoms. The molecule has 0 heterocycles. The van der Waals surface area contributed by atoms with Crippen molar-refractivity contribution in [2.45, 2.75) is 18.9 Å². The molecule has 1 saturated carbocycles. The summed E-state index contributed by atoms with van der Waals surface area (Å²) in [7, 11) is 5.43. The summed E-state index contributed by atoms with van der Waals surface area (Å²) >= 11 is 0. The Morgan fingerprint density at radius 2 is 1.85 bits per heavy atom. The number of hydrogen-bond donors (Lipinski definition) is 0. The summed E-state index contributed by atoms with van der Waals surface area (Å²) in [6.45, 7) is 0. The van der Waals surface area contributed by atoms with Gasteiger partial charge in [0.2, 0.25) is 0 Å². The van der Waals surface area contributed by atoms with Gasteiger partial charge in [-0.3, -0.25) is 0 Å². The molecule has 1 nitrogen and oxygen atoms in total. The Bertz CT molecular complexity index is 337. The molecule has 1 aromatic rings. The zero-order valence-electron chi connectivity index (χ0n) is 6.89. The van der Waals surface area contributed by atoms with Crippen molar-refractivity contribution in [1.29, 1.82) is 0 Å². The molecular weight excluding hydrogens is 173 g/mol. The maximum Gasteiger partial charge on any atom is 0.162 e. The summed E-state index contributed by atoms with van der Waals surface area (Å²) < 4.78 is 30.6. The molecule has 1 aliphatic carbocycles. The van der Waals surface area contributed by atoms with Crippen LogP contribution < -0.4 is 10.2 Å². The highest BCUT2D eigenvalue weighted by Gasteiger charge is 2.24. The molecule has 1 aromatic carbocycles. The molecule has 66 valence electrons. The minimum absolute atomic E-state index is 0.132. The average molecular weight is 180 g/mol. The molecule has 0 aliphatic heterocycles. The highest BCUT2D eigenvalue weighted by Crippen LogP contribution is 2.26. The number of hydrogen-bond acceptors (Lipinski definition) is 1. The summed E-state index contributed by atoms with van der Waals surface area (Å²) in [5, 5.41) is 0. The zero-order chi connectivity index (χ0) is 9.42. The van der Waals surface area contributed by atoms with Crippen LogP contribution in [0.2, 0.25) is 0 Å². The van der Waals surface area contributed by atoms with Gasteiger partial charge >= 0.3 is 0 Å². The summed E-state index contributed by atoms with van der Waals surface area (Å²) in [6, 6.07) is 1.93. The van der Waals surface area contributed by atoms with Crippen LogP contribution in [0.15, 0.2) is 12.1 Å². The highest BCUT2D eigenvalue weighted by molar-refractivity contribution is 6.34. The second kappa shape index (κ2) is 3.02. The molecule has 2 rings (SSSR count). The summed E-state index contributed by atoms with van der Waals surface area (Å²) in [5.74, 6) is -1.63. The van der Waals surface area contributed by atoms with E-state index in [0.29, 0.717) is 0 Å². The molecule has 1 fully saturated rings. The lowest BCUT2D eigenvalue weighted by Crippen LogP contribution is -2.12. The Balaban J connectivity index is 2.27. The number of benzene rings is 1. The predicted octanol–water partition coefficient (Wildman–Crippen LogP) is 1.30. The van der Waals surface area contributed by atoms with Gasteiger partial charge in [0.15, 0.2) is 11.6 Å². The average Bonchev–Trinajstić information content (AvgIpc) is 2.84. The SMILES string of the molecule is [B]c1cc(F)c(F)cc1OC1CC1. The third-order valence-corrected chi connectivity index (χ3v) is 1.87. The Hall–Kier alpha value is -1.06. The molecule has 2 radical (unpaired) electrons. The molecule has 0 N–H and O–H groups in total. The van der Waals surface area contributed by atoms with Gasteiger partial charge in [-0.05, 0) is 18.9 Å². The smallest absolute Gasteiger partial charge is 0.162 e. The maximum atomic E-state index is 12.7. The molecule has 1 aliphatic rings. The fourth-order valence-corrected chi connectivity index (χ4v) is 1.01. The van der Waals surface area contributed by atoms with Crippen LogP contribution in [0.1, 0.15) is 12.8 Å². The van der Waals surface area contributed by atoms with Gasteiger partial charge in [-0.15, -0.1) is 0 Å². The molecule has 0 atom stereocenters. The van der Waals surface area contributed by atoms with Gasteiger partial charge in [0.25, 0.3) is 0 Å². The largest absolute Gasteiger partial charge is 0.491 e. The van der Waals surface area contributed by atoms with Crippen molar-refractivity contribution in [2.24, 2.45) is 0 Å². The molecule has 0 aromatic heterocycles. The van der Waals surface area contributed by atoms with E-state index in [-0.39, 0.29) is 17.3 Å². The quantitative estimate of drug-likeness (QED) is 0.623. The zero-order valence-corrected chi connectivity index (χ0v) is 6.89. The fraction of sp³-hybridized carbons (Fsp3) is 0.333. The summed E-state index contributed by atoms with van der Waals surface area (Å²) in [6.07, 6.45) is 2.05. The van der Waals surface area contributed by atoms with Crippen molar-refractivity contribution < 1.29 is 13.5 Å². The standard InChI is InChI=1S/C9H7BF2O/c10-6-3-7(11)8(12)4-9(6)13-5-1-2-5/h3-5H,1-2H2. The first-order valence-electron chi connectivity index (χ1n) is 4.08. The van der Waals surface area contributed by atoms with Crippen LogP contribution in [0.3, 0.4) is 0 Å². The van der Waals surface area contributed by atoms with E-state index in [4.69, 9.17) is 12.6 Å². The monoisotopic (exact) mass is 180 g/mol.